The Labute approximate surface area is 339 Å². The zero-order valence-electron chi connectivity index (χ0n) is 32.9. The highest BCUT2D eigenvalue weighted by molar-refractivity contribution is 7.22. The van der Waals surface area contributed by atoms with Gasteiger partial charge in [-0.05, 0) is 92.6 Å². The third-order valence-electron chi connectivity index (χ3n) is 11.1. The van der Waals surface area contributed by atoms with Crippen molar-refractivity contribution in [2.24, 2.45) is 0 Å². The summed E-state index contributed by atoms with van der Waals surface area (Å²) in [4.78, 5) is 60.8. The first kappa shape index (κ1) is 37.4. The number of amides is 3. The van der Waals surface area contributed by atoms with Gasteiger partial charge in [0.25, 0.3) is 5.91 Å². The van der Waals surface area contributed by atoms with E-state index in [1.54, 1.807) is 16.2 Å². The van der Waals surface area contributed by atoms with E-state index in [0.717, 1.165) is 86.2 Å². The van der Waals surface area contributed by atoms with E-state index >= 15 is 0 Å². The lowest BCUT2D eigenvalue weighted by Crippen LogP contribution is -2.42. The number of ether oxygens (including phenoxy) is 2. The van der Waals surface area contributed by atoms with Crippen LogP contribution in [-0.4, -0.2) is 73.6 Å². The van der Waals surface area contributed by atoms with E-state index in [1.165, 1.54) is 11.8 Å². The molecule has 296 valence electrons. The predicted molar refractivity (Wildman–Crippen MR) is 225 cm³/mol. The molecule has 1 unspecified atom stereocenters. The molecule has 0 radical (unpaired) electrons. The number of alkyl carbamates (subject to hydrolysis) is 1. The van der Waals surface area contributed by atoms with Crippen molar-refractivity contribution >= 4 is 61.3 Å². The number of carbonyl (C=O) groups is 3. The van der Waals surface area contributed by atoms with E-state index in [2.05, 4.69) is 69.9 Å². The van der Waals surface area contributed by atoms with Crippen molar-refractivity contribution in [2.75, 3.05) is 20.2 Å². The fourth-order valence-electron chi connectivity index (χ4n) is 8.31. The molecule has 2 saturated heterocycles. The normalized spacial score (nSPS) is 17.7. The van der Waals surface area contributed by atoms with E-state index in [-0.39, 0.29) is 24.1 Å². The maximum atomic E-state index is 14.0. The first-order valence-corrected chi connectivity index (χ1v) is 20.6. The summed E-state index contributed by atoms with van der Waals surface area (Å²) in [7, 11) is 1.29. The van der Waals surface area contributed by atoms with Crippen LogP contribution in [0, 0.1) is 0 Å². The summed E-state index contributed by atoms with van der Waals surface area (Å²) < 4.78 is 11.7. The molecule has 9 rings (SSSR count). The second-order valence-corrected chi connectivity index (χ2v) is 17.1. The monoisotopic (exact) mass is 795 g/mol. The Balaban J connectivity index is 0.952. The molecule has 7 aromatic rings. The Hall–Kier alpha value is -6.21. The van der Waals surface area contributed by atoms with E-state index in [0.29, 0.717) is 18.7 Å². The van der Waals surface area contributed by atoms with Crippen LogP contribution in [0.1, 0.15) is 81.8 Å². The molecule has 3 amide bonds. The molecule has 2 fully saturated rings. The molecule has 2 aliphatic heterocycles. The van der Waals surface area contributed by atoms with Crippen molar-refractivity contribution in [2.45, 2.75) is 70.2 Å². The minimum absolute atomic E-state index is 0.140. The molecular weight excluding hydrogens is 751 g/mol. The van der Waals surface area contributed by atoms with Crippen molar-refractivity contribution < 1.29 is 23.9 Å². The van der Waals surface area contributed by atoms with Crippen LogP contribution in [-0.2, 0) is 14.3 Å². The Bertz CT molecular complexity index is 2680. The molecule has 13 heteroatoms. The second-order valence-electron chi connectivity index (χ2n) is 16.1. The average Bonchev–Trinajstić information content (AvgIpc) is 4.07. The van der Waals surface area contributed by atoms with Crippen LogP contribution in [0.5, 0.6) is 0 Å². The summed E-state index contributed by atoms with van der Waals surface area (Å²) in [6.07, 6.45) is 4.22. The number of hydrogen-bond donors (Lipinski definition) is 3. The first-order valence-electron chi connectivity index (χ1n) is 19.7. The molecule has 0 aliphatic carbocycles. The minimum Gasteiger partial charge on any atom is -0.453 e. The molecule has 12 nitrogen and oxygen atoms in total. The molecule has 0 spiro atoms. The Morgan fingerprint density at radius 1 is 0.845 bits per heavy atom. The number of benzene rings is 4. The average molecular weight is 796 g/mol. The molecular formula is C45H45N7O5S. The number of imidazole rings is 2. The van der Waals surface area contributed by atoms with E-state index in [1.807, 2.05) is 62.2 Å². The largest absolute Gasteiger partial charge is 0.453 e. The van der Waals surface area contributed by atoms with E-state index < -0.39 is 17.7 Å². The smallest absolute Gasteiger partial charge is 0.410 e. The SMILES string of the molecule is COC(=O)N[C@@H](C(=O)N1CCC[C@H]1c1nc2c(ccc3cc(-c4cc5ccc(-c6cnc(C7CCCN7C(=O)OC(C)(C)C)[nH]6)cc5s4)ccc32)[nH]1)c1ccccc1. The van der Waals surface area contributed by atoms with Gasteiger partial charge in [-0.1, -0.05) is 60.7 Å². The third-order valence-corrected chi connectivity index (χ3v) is 12.2. The van der Waals surface area contributed by atoms with Gasteiger partial charge in [0.05, 0.1) is 42.1 Å². The number of methoxy groups -OCH3 is 1. The third kappa shape index (κ3) is 7.15. The molecule has 3 N–H and O–H groups in total. The lowest BCUT2D eigenvalue weighted by Gasteiger charge is -2.28. The van der Waals surface area contributed by atoms with Gasteiger partial charge in [-0.3, -0.25) is 9.69 Å². The first-order chi connectivity index (χ1) is 28.0. The molecule has 4 aromatic carbocycles. The highest BCUT2D eigenvalue weighted by Gasteiger charge is 2.38. The number of rotatable bonds is 7. The summed E-state index contributed by atoms with van der Waals surface area (Å²) in [6.45, 7) is 6.87. The van der Waals surface area contributed by atoms with Crippen molar-refractivity contribution in [1.82, 2.24) is 35.1 Å². The van der Waals surface area contributed by atoms with Gasteiger partial charge < -0.3 is 29.7 Å². The van der Waals surface area contributed by atoms with E-state index in [4.69, 9.17) is 19.4 Å². The van der Waals surface area contributed by atoms with Crippen molar-refractivity contribution in [3.05, 3.63) is 108 Å². The van der Waals surface area contributed by atoms with Crippen LogP contribution >= 0.6 is 11.3 Å². The number of likely N-dealkylation sites (tertiary alicyclic amines) is 2. The van der Waals surface area contributed by atoms with Gasteiger partial charge in [0.15, 0.2) is 0 Å². The quantitative estimate of drug-likeness (QED) is 0.146. The van der Waals surface area contributed by atoms with Crippen LogP contribution in [0.2, 0.25) is 0 Å². The maximum absolute atomic E-state index is 14.0. The van der Waals surface area contributed by atoms with Crippen molar-refractivity contribution in [1.29, 1.82) is 0 Å². The Morgan fingerprint density at radius 2 is 1.59 bits per heavy atom. The van der Waals surface area contributed by atoms with Gasteiger partial charge in [-0.15, -0.1) is 11.3 Å². The lowest BCUT2D eigenvalue weighted by molar-refractivity contribution is -0.134. The number of carbonyl (C=O) groups excluding carboxylic acids is 3. The summed E-state index contributed by atoms with van der Waals surface area (Å²) in [5.74, 6) is 1.31. The van der Waals surface area contributed by atoms with Crippen LogP contribution in [0.3, 0.4) is 0 Å². The van der Waals surface area contributed by atoms with Gasteiger partial charge in [0.2, 0.25) is 0 Å². The van der Waals surface area contributed by atoms with Crippen molar-refractivity contribution in [3.8, 4) is 21.7 Å². The Morgan fingerprint density at radius 3 is 2.36 bits per heavy atom. The fraction of sp³-hybridized carbons (Fsp3) is 0.311. The van der Waals surface area contributed by atoms with Gasteiger partial charge in [-0.25, -0.2) is 19.6 Å². The number of H-pyrrole nitrogens is 2. The van der Waals surface area contributed by atoms with Crippen LogP contribution in [0.15, 0.2) is 91.1 Å². The number of thiophene rings is 1. The standard InChI is InChI=1S/C45H45N7O5S/c1-45(2,3)57-44(55)52-21-9-12-34(52)40-46-25-33(48-40)28-14-15-30-24-37(58-36(30)23-28)29-16-18-31-27(22-29)17-19-32-39(31)49-41(47-32)35-13-8-20-51(35)42(53)38(50-43(54)56-4)26-10-6-5-7-11-26/h5-7,10-11,14-19,22-25,34-35,38H,8-9,12-13,20-21H2,1-4H3,(H,46,48)(H,47,49)(H,50,54)/t34?,35-,38+/m0/s1. The second kappa shape index (κ2) is 14.9. The fourth-order valence-corrected chi connectivity index (χ4v) is 9.40. The highest BCUT2D eigenvalue weighted by Crippen LogP contribution is 2.40. The molecule has 2 aliphatic rings. The molecule has 3 atom stereocenters. The number of aromatic nitrogens is 4. The van der Waals surface area contributed by atoms with Crippen LogP contribution < -0.4 is 5.32 Å². The van der Waals surface area contributed by atoms with Gasteiger partial charge in [0, 0.05) is 33.6 Å². The predicted octanol–water partition coefficient (Wildman–Crippen LogP) is 9.82. The topological polar surface area (TPSA) is 146 Å². The number of fused-ring (bicyclic) bond motifs is 4. The zero-order valence-corrected chi connectivity index (χ0v) is 33.7. The summed E-state index contributed by atoms with van der Waals surface area (Å²) >= 11 is 1.75. The van der Waals surface area contributed by atoms with Crippen LogP contribution in [0.4, 0.5) is 9.59 Å². The number of aromatic amines is 2. The van der Waals surface area contributed by atoms with E-state index in [9.17, 15) is 14.4 Å². The van der Waals surface area contributed by atoms with Gasteiger partial charge in [-0.2, -0.15) is 0 Å². The minimum atomic E-state index is -0.878. The number of nitrogens with one attached hydrogen (secondary N) is 3. The van der Waals surface area contributed by atoms with Gasteiger partial charge >= 0.3 is 12.2 Å². The van der Waals surface area contributed by atoms with Gasteiger partial charge in [0.1, 0.15) is 23.3 Å². The number of hydrogen-bond acceptors (Lipinski definition) is 8. The molecule has 58 heavy (non-hydrogen) atoms. The summed E-state index contributed by atoms with van der Waals surface area (Å²) in [5.41, 5.74) is 4.97. The summed E-state index contributed by atoms with van der Waals surface area (Å²) in [6, 6.07) is 27.3. The highest BCUT2D eigenvalue weighted by atomic mass is 32.1. The molecule has 5 heterocycles. The lowest BCUT2D eigenvalue weighted by atomic mass is 10.0. The van der Waals surface area contributed by atoms with Crippen molar-refractivity contribution in [3.63, 3.8) is 0 Å². The molecule has 3 aromatic heterocycles. The number of nitrogens with zero attached hydrogens (tertiary/aromatic N) is 4. The zero-order chi connectivity index (χ0) is 40.1. The molecule has 0 bridgehead atoms. The maximum Gasteiger partial charge on any atom is 0.410 e. The van der Waals surface area contributed by atoms with Crippen LogP contribution in [0.25, 0.3) is 53.6 Å². The summed E-state index contributed by atoms with van der Waals surface area (Å²) in [5, 5.41) is 6.00. The Kier molecular flexibility index (Phi) is 9.63. The molecule has 0 saturated carbocycles.